The van der Waals surface area contributed by atoms with Gasteiger partial charge in [-0.3, -0.25) is 0 Å². The minimum atomic E-state index is -0.0354. The molecular formula is C17H20BrNO2. The molecule has 0 saturated heterocycles. The van der Waals surface area contributed by atoms with E-state index in [1.54, 1.807) is 0 Å². The minimum absolute atomic E-state index is 0.0354. The second kappa shape index (κ2) is 7.59. The van der Waals surface area contributed by atoms with E-state index >= 15 is 0 Å². The van der Waals surface area contributed by atoms with E-state index in [1.807, 2.05) is 42.5 Å². The van der Waals surface area contributed by atoms with Gasteiger partial charge in [0.1, 0.15) is 11.5 Å². The van der Waals surface area contributed by atoms with E-state index < -0.39 is 0 Å². The highest BCUT2D eigenvalue weighted by Gasteiger charge is 2.09. The molecule has 0 amide bonds. The van der Waals surface area contributed by atoms with E-state index in [0.29, 0.717) is 11.8 Å². The molecular weight excluding hydrogens is 330 g/mol. The lowest BCUT2D eigenvalue weighted by atomic mass is 10.1. The maximum Gasteiger partial charge on any atom is 0.132 e. The van der Waals surface area contributed by atoms with Gasteiger partial charge in [-0.1, -0.05) is 48.0 Å². The van der Waals surface area contributed by atoms with Crippen molar-refractivity contribution in [3.05, 3.63) is 58.1 Å². The van der Waals surface area contributed by atoms with Crippen molar-refractivity contribution in [3.8, 4) is 11.5 Å². The summed E-state index contributed by atoms with van der Waals surface area (Å²) in [5, 5.41) is 12.8. The summed E-state index contributed by atoms with van der Waals surface area (Å²) in [6.07, 6.45) is 0. The first kappa shape index (κ1) is 16.0. The molecule has 0 radical (unpaired) electrons. The molecule has 3 nitrogen and oxygen atoms in total. The monoisotopic (exact) mass is 349 g/mol. The predicted molar refractivity (Wildman–Crippen MR) is 88.6 cm³/mol. The number of aliphatic hydroxyl groups is 1. The summed E-state index contributed by atoms with van der Waals surface area (Å²) in [5.41, 5.74) is 1.86. The van der Waals surface area contributed by atoms with Gasteiger partial charge in [0, 0.05) is 28.2 Å². The highest BCUT2D eigenvalue weighted by Crippen LogP contribution is 2.30. The number of halogens is 1. The van der Waals surface area contributed by atoms with Crippen LogP contribution in [0.5, 0.6) is 11.5 Å². The average Bonchev–Trinajstić information content (AvgIpc) is 2.48. The number of para-hydroxylation sites is 1. The third-order valence-corrected chi connectivity index (χ3v) is 3.58. The molecule has 0 aliphatic rings. The molecule has 2 aromatic rings. The van der Waals surface area contributed by atoms with Crippen molar-refractivity contribution in [2.24, 2.45) is 0 Å². The number of ether oxygens (including phenoxy) is 1. The Morgan fingerprint density at radius 3 is 2.52 bits per heavy atom. The number of aliphatic hydroxyl groups excluding tert-OH is 1. The Bertz CT molecular complexity index is 599. The highest BCUT2D eigenvalue weighted by atomic mass is 79.9. The van der Waals surface area contributed by atoms with Crippen molar-refractivity contribution < 1.29 is 9.84 Å². The smallest absolute Gasteiger partial charge is 0.132 e. The number of nitrogens with one attached hydrogen (secondary N) is 1. The van der Waals surface area contributed by atoms with E-state index in [-0.39, 0.29) is 6.61 Å². The molecule has 0 spiro atoms. The van der Waals surface area contributed by atoms with Gasteiger partial charge < -0.3 is 15.2 Å². The van der Waals surface area contributed by atoms with Crippen LogP contribution in [0, 0.1) is 0 Å². The SMILES string of the molecule is CC(C)NCc1cc(Br)ccc1Oc1ccccc1CO. The number of hydrogen-bond acceptors (Lipinski definition) is 3. The summed E-state index contributed by atoms with van der Waals surface area (Å²) in [7, 11) is 0. The van der Waals surface area contributed by atoms with Crippen LogP contribution in [0.4, 0.5) is 0 Å². The summed E-state index contributed by atoms with van der Waals surface area (Å²) in [5.74, 6) is 1.49. The lowest BCUT2D eigenvalue weighted by molar-refractivity contribution is 0.276. The fourth-order valence-electron chi connectivity index (χ4n) is 1.95. The van der Waals surface area contributed by atoms with Gasteiger partial charge in [-0.25, -0.2) is 0 Å². The summed E-state index contributed by atoms with van der Waals surface area (Å²) >= 11 is 3.49. The van der Waals surface area contributed by atoms with E-state index in [1.165, 1.54) is 0 Å². The van der Waals surface area contributed by atoms with Crippen LogP contribution in [-0.4, -0.2) is 11.1 Å². The second-order valence-corrected chi connectivity index (χ2v) is 6.07. The molecule has 0 saturated carbocycles. The molecule has 21 heavy (non-hydrogen) atoms. The fraction of sp³-hybridized carbons (Fsp3) is 0.294. The van der Waals surface area contributed by atoms with E-state index in [0.717, 1.165) is 27.9 Å². The van der Waals surface area contributed by atoms with Gasteiger partial charge in [0.2, 0.25) is 0 Å². The number of benzene rings is 2. The molecule has 0 aromatic heterocycles. The van der Waals surface area contributed by atoms with Crippen LogP contribution in [0.3, 0.4) is 0 Å². The van der Waals surface area contributed by atoms with Crippen LogP contribution in [-0.2, 0) is 13.2 Å². The number of hydrogen-bond donors (Lipinski definition) is 2. The van der Waals surface area contributed by atoms with Crippen molar-refractivity contribution in [1.82, 2.24) is 5.32 Å². The zero-order chi connectivity index (χ0) is 15.2. The zero-order valence-electron chi connectivity index (χ0n) is 12.3. The van der Waals surface area contributed by atoms with Crippen molar-refractivity contribution in [2.45, 2.75) is 33.0 Å². The normalized spacial score (nSPS) is 10.9. The minimum Gasteiger partial charge on any atom is -0.457 e. The van der Waals surface area contributed by atoms with Crippen molar-refractivity contribution >= 4 is 15.9 Å². The fourth-order valence-corrected chi connectivity index (χ4v) is 2.36. The summed E-state index contributed by atoms with van der Waals surface area (Å²) in [4.78, 5) is 0. The van der Waals surface area contributed by atoms with Crippen molar-refractivity contribution in [1.29, 1.82) is 0 Å². The van der Waals surface area contributed by atoms with Gasteiger partial charge in [-0.15, -0.1) is 0 Å². The van der Waals surface area contributed by atoms with Crippen LogP contribution >= 0.6 is 15.9 Å². The first-order valence-electron chi connectivity index (χ1n) is 6.98. The first-order chi connectivity index (χ1) is 10.1. The molecule has 0 aliphatic carbocycles. The quantitative estimate of drug-likeness (QED) is 0.819. The highest BCUT2D eigenvalue weighted by molar-refractivity contribution is 9.10. The molecule has 0 heterocycles. The van der Waals surface area contributed by atoms with Crippen LogP contribution in [0.15, 0.2) is 46.9 Å². The van der Waals surface area contributed by atoms with Crippen LogP contribution in [0.1, 0.15) is 25.0 Å². The summed E-state index contributed by atoms with van der Waals surface area (Å²) in [6.45, 7) is 4.92. The van der Waals surface area contributed by atoms with Crippen molar-refractivity contribution in [3.63, 3.8) is 0 Å². The van der Waals surface area contributed by atoms with E-state index in [9.17, 15) is 5.11 Å². The van der Waals surface area contributed by atoms with Crippen LogP contribution in [0.25, 0.3) is 0 Å². The summed E-state index contributed by atoms with van der Waals surface area (Å²) in [6, 6.07) is 13.9. The Morgan fingerprint density at radius 2 is 1.81 bits per heavy atom. The van der Waals surface area contributed by atoms with Gasteiger partial charge in [-0.2, -0.15) is 0 Å². The molecule has 0 unspecified atom stereocenters. The molecule has 2 N–H and O–H groups in total. The maximum absolute atomic E-state index is 9.39. The Hall–Kier alpha value is -1.36. The lowest BCUT2D eigenvalue weighted by Gasteiger charge is -2.15. The Morgan fingerprint density at radius 1 is 1.10 bits per heavy atom. The van der Waals surface area contributed by atoms with Crippen LogP contribution in [0.2, 0.25) is 0 Å². The second-order valence-electron chi connectivity index (χ2n) is 5.16. The Labute approximate surface area is 134 Å². The first-order valence-corrected chi connectivity index (χ1v) is 7.78. The Balaban J connectivity index is 2.26. The van der Waals surface area contributed by atoms with Gasteiger partial charge in [-0.05, 0) is 24.3 Å². The number of rotatable bonds is 6. The topological polar surface area (TPSA) is 41.5 Å². The third kappa shape index (κ3) is 4.56. The van der Waals surface area contributed by atoms with Crippen LogP contribution < -0.4 is 10.1 Å². The van der Waals surface area contributed by atoms with Gasteiger partial charge >= 0.3 is 0 Å². The van der Waals surface area contributed by atoms with Gasteiger partial charge in [0.15, 0.2) is 0 Å². The van der Waals surface area contributed by atoms with Crippen molar-refractivity contribution in [2.75, 3.05) is 0 Å². The molecule has 112 valence electrons. The van der Waals surface area contributed by atoms with E-state index in [2.05, 4.69) is 35.1 Å². The third-order valence-electron chi connectivity index (χ3n) is 3.09. The standard InChI is InChI=1S/C17H20BrNO2/c1-12(2)19-10-14-9-15(18)7-8-17(14)21-16-6-4-3-5-13(16)11-20/h3-9,12,19-20H,10-11H2,1-2H3. The lowest BCUT2D eigenvalue weighted by Crippen LogP contribution is -2.22. The summed E-state index contributed by atoms with van der Waals surface area (Å²) < 4.78 is 7.02. The van der Waals surface area contributed by atoms with Gasteiger partial charge in [0.25, 0.3) is 0 Å². The molecule has 2 rings (SSSR count). The van der Waals surface area contributed by atoms with Gasteiger partial charge in [0.05, 0.1) is 6.61 Å². The largest absolute Gasteiger partial charge is 0.457 e. The molecule has 0 atom stereocenters. The molecule has 0 fully saturated rings. The maximum atomic E-state index is 9.39. The molecule has 0 aliphatic heterocycles. The molecule has 0 bridgehead atoms. The molecule has 2 aromatic carbocycles. The zero-order valence-corrected chi connectivity index (χ0v) is 13.9. The predicted octanol–water partition coefficient (Wildman–Crippen LogP) is 4.23. The average molecular weight is 350 g/mol. The molecule has 4 heteroatoms. The Kier molecular flexibility index (Phi) is 5.79. The van der Waals surface area contributed by atoms with E-state index in [4.69, 9.17) is 4.74 Å².